The summed E-state index contributed by atoms with van der Waals surface area (Å²) < 4.78 is 0. The molecule has 2 rings (SSSR count). The molecule has 0 atom stereocenters. The molecule has 5 nitrogen and oxygen atoms in total. The minimum Gasteiger partial charge on any atom is -0.384 e. The molecular formula is C21H26N4O. The van der Waals surface area contributed by atoms with Gasteiger partial charge in [0, 0.05) is 43.1 Å². The quantitative estimate of drug-likeness (QED) is 0.750. The Balaban J connectivity index is 1.87. The smallest absolute Gasteiger partial charge is 0.226 e. The lowest BCUT2D eigenvalue weighted by molar-refractivity contribution is -0.115. The van der Waals surface area contributed by atoms with Crippen LogP contribution in [0.15, 0.2) is 42.5 Å². The van der Waals surface area contributed by atoms with Crippen LogP contribution in [0.5, 0.6) is 0 Å². The van der Waals surface area contributed by atoms with Gasteiger partial charge in [-0.3, -0.25) is 4.79 Å². The number of amides is 1. The molecule has 1 amide bonds. The lowest BCUT2D eigenvalue weighted by Gasteiger charge is -2.22. The second-order valence-corrected chi connectivity index (χ2v) is 6.09. The molecule has 0 heterocycles. The van der Waals surface area contributed by atoms with Crippen LogP contribution in [0.3, 0.4) is 0 Å². The van der Waals surface area contributed by atoms with Crippen molar-refractivity contribution >= 4 is 23.0 Å². The zero-order valence-corrected chi connectivity index (χ0v) is 15.7. The van der Waals surface area contributed by atoms with E-state index in [0.717, 1.165) is 24.3 Å². The van der Waals surface area contributed by atoms with Crippen molar-refractivity contribution in [1.82, 2.24) is 0 Å². The van der Waals surface area contributed by atoms with Gasteiger partial charge < -0.3 is 15.5 Å². The van der Waals surface area contributed by atoms with Crippen molar-refractivity contribution in [2.24, 2.45) is 0 Å². The number of benzene rings is 2. The maximum Gasteiger partial charge on any atom is 0.226 e. The molecule has 2 aromatic carbocycles. The fraction of sp³-hybridized carbons (Fsp3) is 0.333. The molecule has 0 aliphatic heterocycles. The molecule has 0 bridgehead atoms. The van der Waals surface area contributed by atoms with Crippen molar-refractivity contribution in [3.8, 4) is 6.07 Å². The second-order valence-electron chi connectivity index (χ2n) is 6.09. The van der Waals surface area contributed by atoms with E-state index in [2.05, 4.69) is 60.6 Å². The highest BCUT2D eigenvalue weighted by Gasteiger charge is 2.06. The summed E-state index contributed by atoms with van der Waals surface area (Å²) in [5.74, 6) is -0.0787. The van der Waals surface area contributed by atoms with Gasteiger partial charge in [-0.15, -0.1) is 0 Å². The third-order valence-electron chi connectivity index (χ3n) is 4.28. The SMILES string of the molecule is CCN(CC)c1ccc(NCCC(=O)Nc2cccc(C#N)c2)c(C)c1. The van der Waals surface area contributed by atoms with Crippen LogP contribution in [0.4, 0.5) is 17.1 Å². The van der Waals surface area contributed by atoms with Gasteiger partial charge in [0.2, 0.25) is 5.91 Å². The zero-order valence-electron chi connectivity index (χ0n) is 15.7. The molecule has 5 heteroatoms. The van der Waals surface area contributed by atoms with Crippen molar-refractivity contribution in [3.63, 3.8) is 0 Å². The highest BCUT2D eigenvalue weighted by molar-refractivity contribution is 5.91. The Morgan fingerprint density at radius 1 is 1.15 bits per heavy atom. The molecule has 0 spiro atoms. The first kappa shape index (κ1) is 19.3. The lowest BCUT2D eigenvalue weighted by Crippen LogP contribution is -2.22. The third kappa shape index (κ3) is 5.25. The number of carbonyl (C=O) groups is 1. The summed E-state index contributed by atoms with van der Waals surface area (Å²) in [4.78, 5) is 14.4. The maximum absolute atomic E-state index is 12.1. The van der Waals surface area contributed by atoms with Gasteiger partial charge in [-0.05, 0) is 62.7 Å². The van der Waals surface area contributed by atoms with Crippen LogP contribution < -0.4 is 15.5 Å². The van der Waals surface area contributed by atoms with Crippen LogP contribution in [0.2, 0.25) is 0 Å². The molecule has 0 aliphatic carbocycles. The fourth-order valence-electron chi connectivity index (χ4n) is 2.83. The molecular weight excluding hydrogens is 324 g/mol. The first-order valence-corrected chi connectivity index (χ1v) is 8.96. The molecule has 0 saturated carbocycles. The Morgan fingerprint density at radius 2 is 1.92 bits per heavy atom. The van der Waals surface area contributed by atoms with Gasteiger partial charge in [-0.25, -0.2) is 0 Å². The van der Waals surface area contributed by atoms with Crippen molar-refractivity contribution < 1.29 is 4.79 Å². The number of nitrogens with zero attached hydrogens (tertiary/aromatic N) is 2. The number of nitriles is 1. The van der Waals surface area contributed by atoms with Gasteiger partial charge in [0.05, 0.1) is 11.6 Å². The molecule has 0 aliphatic rings. The molecule has 0 aromatic heterocycles. The summed E-state index contributed by atoms with van der Waals surface area (Å²) >= 11 is 0. The molecule has 2 aromatic rings. The molecule has 0 saturated heterocycles. The predicted molar refractivity (Wildman–Crippen MR) is 108 cm³/mol. The van der Waals surface area contributed by atoms with E-state index in [-0.39, 0.29) is 5.91 Å². The Labute approximate surface area is 155 Å². The highest BCUT2D eigenvalue weighted by Crippen LogP contribution is 2.22. The zero-order chi connectivity index (χ0) is 18.9. The average Bonchev–Trinajstić information content (AvgIpc) is 2.64. The summed E-state index contributed by atoms with van der Waals surface area (Å²) in [7, 11) is 0. The summed E-state index contributed by atoms with van der Waals surface area (Å²) in [6.07, 6.45) is 0.355. The molecule has 136 valence electrons. The van der Waals surface area contributed by atoms with Crippen molar-refractivity contribution in [2.75, 3.05) is 35.2 Å². The average molecular weight is 350 g/mol. The van der Waals surface area contributed by atoms with Crippen LogP contribution >= 0.6 is 0 Å². The van der Waals surface area contributed by atoms with Gasteiger partial charge in [-0.1, -0.05) is 6.07 Å². The third-order valence-corrected chi connectivity index (χ3v) is 4.28. The van der Waals surface area contributed by atoms with Crippen LogP contribution in [-0.2, 0) is 4.79 Å². The first-order valence-electron chi connectivity index (χ1n) is 8.96. The van der Waals surface area contributed by atoms with E-state index in [1.807, 2.05) is 0 Å². The minimum atomic E-state index is -0.0787. The Hall–Kier alpha value is -3.00. The highest BCUT2D eigenvalue weighted by atomic mass is 16.1. The monoisotopic (exact) mass is 350 g/mol. The van der Waals surface area contributed by atoms with Gasteiger partial charge in [0.1, 0.15) is 0 Å². The van der Waals surface area contributed by atoms with E-state index in [4.69, 9.17) is 5.26 Å². The number of aryl methyl sites for hydroxylation is 1. The Morgan fingerprint density at radius 3 is 2.58 bits per heavy atom. The van der Waals surface area contributed by atoms with Crippen molar-refractivity contribution in [3.05, 3.63) is 53.6 Å². The standard InChI is InChI=1S/C21H26N4O/c1-4-25(5-2)19-9-10-20(16(3)13-19)23-12-11-21(26)24-18-8-6-7-17(14-18)15-22/h6-10,13-14,23H,4-5,11-12H2,1-3H3,(H,24,26). The van der Waals surface area contributed by atoms with E-state index in [0.29, 0.717) is 24.2 Å². The first-order chi connectivity index (χ1) is 12.6. The fourth-order valence-corrected chi connectivity index (χ4v) is 2.83. The van der Waals surface area contributed by atoms with Gasteiger partial charge in [0.25, 0.3) is 0 Å². The molecule has 0 fully saturated rings. The number of hydrogen-bond acceptors (Lipinski definition) is 4. The molecule has 0 radical (unpaired) electrons. The topological polar surface area (TPSA) is 68.2 Å². The molecule has 0 unspecified atom stereocenters. The van der Waals surface area contributed by atoms with Crippen molar-refractivity contribution in [1.29, 1.82) is 5.26 Å². The van der Waals surface area contributed by atoms with Gasteiger partial charge in [0.15, 0.2) is 0 Å². The van der Waals surface area contributed by atoms with Crippen LogP contribution in [0.1, 0.15) is 31.4 Å². The molecule has 2 N–H and O–H groups in total. The van der Waals surface area contributed by atoms with Crippen LogP contribution in [0.25, 0.3) is 0 Å². The minimum absolute atomic E-state index is 0.0787. The summed E-state index contributed by atoms with van der Waals surface area (Å²) in [6.45, 7) is 8.88. The Kier molecular flexibility index (Phi) is 7.04. The molecule has 26 heavy (non-hydrogen) atoms. The largest absolute Gasteiger partial charge is 0.384 e. The van der Waals surface area contributed by atoms with E-state index in [9.17, 15) is 4.79 Å². The normalized spacial score (nSPS) is 10.1. The summed E-state index contributed by atoms with van der Waals surface area (Å²) in [6, 6.07) is 15.3. The number of anilines is 3. The van der Waals surface area contributed by atoms with E-state index < -0.39 is 0 Å². The summed E-state index contributed by atoms with van der Waals surface area (Å²) in [5.41, 5.74) is 4.60. The number of hydrogen-bond donors (Lipinski definition) is 2. The summed E-state index contributed by atoms with van der Waals surface area (Å²) in [5, 5.41) is 15.0. The Bertz CT molecular complexity index is 791. The predicted octanol–water partition coefficient (Wildman–Crippen LogP) is 4.15. The second kappa shape index (κ2) is 9.47. The van der Waals surface area contributed by atoms with Crippen LogP contribution in [-0.4, -0.2) is 25.5 Å². The maximum atomic E-state index is 12.1. The van der Waals surface area contributed by atoms with E-state index in [1.54, 1.807) is 24.3 Å². The van der Waals surface area contributed by atoms with Gasteiger partial charge in [-0.2, -0.15) is 5.26 Å². The lowest BCUT2D eigenvalue weighted by atomic mass is 10.1. The van der Waals surface area contributed by atoms with E-state index >= 15 is 0 Å². The van der Waals surface area contributed by atoms with E-state index in [1.165, 1.54) is 5.69 Å². The number of rotatable bonds is 8. The van der Waals surface area contributed by atoms with Crippen molar-refractivity contribution in [2.45, 2.75) is 27.2 Å². The van der Waals surface area contributed by atoms with Crippen LogP contribution in [0, 0.1) is 18.3 Å². The van der Waals surface area contributed by atoms with Gasteiger partial charge >= 0.3 is 0 Å². The number of nitrogens with one attached hydrogen (secondary N) is 2. The number of carbonyl (C=O) groups excluding carboxylic acids is 1.